The van der Waals surface area contributed by atoms with Crippen molar-refractivity contribution in [3.05, 3.63) is 23.4 Å². The summed E-state index contributed by atoms with van der Waals surface area (Å²) in [6, 6.07) is 3.10. The van der Waals surface area contributed by atoms with Gasteiger partial charge in [-0.05, 0) is 18.4 Å². The number of carboxylic acid groups (broad SMARTS) is 1. The zero-order valence-electron chi connectivity index (χ0n) is 12.0. The van der Waals surface area contributed by atoms with E-state index in [1.165, 1.54) is 18.9 Å². The molecule has 0 spiro atoms. The highest BCUT2D eigenvalue weighted by Crippen LogP contribution is 2.19. The molecule has 0 radical (unpaired) electrons. The van der Waals surface area contributed by atoms with E-state index >= 15 is 0 Å². The molecule has 1 N–H and O–H groups in total. The van der Waals surface area contributed by atoms with Crippen molar-refractivity contribution < 1.29 is 14.6 Å². The Balaban J connectivity index is 2.68. The average molecular weight is 265 g/mol. The van der Waals surface area contributed by atoms with E-state index < -0.39 is 5.97 Å². The molecule has 0 saturated carbocycles. The molecule has 1 heterocycles. The van der Waals surface area contributed by atoms with Gasteiger partial charge in [0.05, 0.1) is 12.2 Å². The highest BCUT2D eigenvalue weighted by molar-refractivity contribution is 5.88. The van der Waals surface area contributed by atoms with E-state index in [0.717, 1.165) is 18.5 Å². The van der Waals surface area contributed by atoms with Crippen molar-refractivity contribution in [2.45, 2.75) is 52.4 Å². The van der Waals surface area contributed by atoms with Gasteiger partial charge in [0, 0.05) is 11.8 Å². The Morgan fingerprint density at radius 2 is 2.05 bits per heavy atom. The summed E-state index contributed by atoms with van der Waals surface area (Å²) in [5.41, 5.74) is 0.991. The Kier molecular flexibility index (Phi) is 6.33. The van der Waals surface area contributed by atoms with Gasteiger partial charge in [0.1, 0.15) is 0 Å². The molecule has 4 nitrogen and oxygen atoms in total. The largest absolute Gasteiger partial charge is 0.478 e. The number of carboxylic acids is 1. The Bertz CT molecular complexity index is 416. The monoisotopic (exact) mass is 265 g/mol. The van der Waals surface area contributed by atoms with Crippen LogP contribution in [-0.4, -0.2) is 22.7 Å². The average Bonchev–Trinajstić information content (AvgIpc) is 2.38. The third-order valence-corrected chi connectivity index (χ3v) is 2.91. The predicted octanol–water partition coefficient (Wildman–Crippen LogP) is 3.86. The molecule has 0 aliphatic rings. The molecule has 0 bridgehead atoms. The zero-order chi connectivity index (χ0) is 14.3. The van der Waals surface area contributed by atoms with E-state index in [-0.39, 0.29) is 11.5 Å². The van der Waals surface area contributed by atoms with Crippen LogP contribution in [0.1, 0.15) is 68.4 Å². The molecule has 0 aliphatic heterocycles. The first-order chi connectivity index (χ1) is 9.04. The molecule has 1 rings (SSSR count). The number of hydrogen-bond acceptors (Lipinski definition) is 3. The fourth-order valence-corrected chi connectivity index (χ4v) is 1.72. The lowest BCUT2D eigenvalue weighted by molar-refractivity contribution is 0.0696. The molecular weight excluding hydrogens is 242 g/mol. The molecule has 0 amide bonds. The lowest BCUT2D eigenvalue weighted by Gasteiger charge is -2.10. The topological polar surface area (TPSA) is 59.4 Å². The summed E-state index contributed by atoms with van der Waals surface area (Å²) in [4.78, 5) is 15.4. The van der Waals surface area contributed by atoms with Gasteiger partial charge in [-0.15, -0.1) is 0 Å². The van der Waals surface area contributed by atoms with Gasteiger partial charge >= 0.3 is 5.97 Å². The number of ether oxygens (including phenoxy) is 1. The lowest BCUT2D eigenvalue weighted by Crippen LogP contribution is -2.06. The summed E-state index contributed by atoms with van der Waals surface area (Å²) in [5, 5.41) is 9.07. The molecule has 0 aliphatic carbocycles. The summed E-state index contributed by atoms with van der Waals surface area (Å²) in [5.74, 6) is -0.345. The minimum absolute atomic E-state index is 0.182. The Morgan fingerprint density at radius 1 is 1.32 bits per heavy atom. The second-order valence-electron chi connectivity index (χ2n) is 4.99. The first-order valence-corrected chi connectivity index (χ1v) is 6.92. The normalized spacial score (nSPS) is 10.7. The number of rotatable bonds is 8. The van der Waals surface area contributed by atoms with Gasteiger partial charge in [0.15, 0.2) is 0 Å². The maximum atomic E-state index is 11.1. The highest BCUT2D eigenvalue weighted by Gasteiger charge is 2.11. The molecule has 106 valence electrons. The second kappa shape index (κ2) is 7.77. The third kappa shape index (κ3) is 5.28. The first-order valence-electron chi connectivity index (χ1n) is 6.92. The van der Waals surface area contributed by atoms with Crippen LogP contribution in [0.25, 0.3) is 0 Å². The Hall–Kier alpha value is -1.58. The van der Waals surface area contributed by atoms with Crippen LogP contribution in [0.5, 0.6) is 5.88 Å². The maximum Gasteiger partial charge on any atom is 0.335 e. The predicted molar refractivity (Wildman–Crippen MR) is 74.9 cm³/mol. The lowest BCUT2D eigenvalue weighted by atomic mass is 10.1. The van der Waals surface area contributed by atoms with E-state index in [1.807, 2.05) is 13.8 Å². The zero-order valence-corrected chi connectivity index (χ0v) is 12.0. The smallest absolute Gasteiger partial charge is 0.335 e. The molecule has 1 aromatic heterocycles. The van der Waals surface area contributed by atoms with Crippen LogP contribution in [0.4, 0.5) is 0 Å². The maximum absolute atomic E-state index is 11.1. The molecular formula is C15H23NO3. The van der Waals surface area contributed by atoms with E-state index in [1.54, 1.807) is 6.07 Å². The Morgan fingerprint density at radius 3 is 2.63 bits per heavy atom. The summed E-state index contributed by atoms with van der Waals surface area (Å²) in [6.07, 6.45) is 4.49. The number of unbranched alkanes of at least 4 members (excludes halogenated alkanes) is 3. The fourth-order valence-electron chi connectivity index (χ4n) is 1.72. The highest BCUT2D eigenvalue weighted by atomic mass is 16.5. The first kappa shape index (κ1) is 15.5. The molecule has 0 unspecified atom stereocenters. The van der Waals surface area contributed by atoms with Crippen LogP contribution in [-0.2, 0) is 0 Å². The molecule has 0 atom stereocenters. The van der Waals surface area contributed by atoms with Crippen molar-refractivity contribution in [1.82, 2.24) is 4.98 Å². The van der Waals surface area contributed by atoms with Crippen molar-refractivity contribution in [3.8, 4) is 5.88 Å². The molecule has 19 heavy (non-hydrogen) atoms. The van der Waals surface area contributed by atoms with E-state index in [2.05, 4.69) is 11.9 Å². The number of aromatic carboxylic acids is 1. The standard InChI is InChI=1S/C15H23NO3/c1-4-5-6-7-8-19-14-10-12(15(17)18)9-13(16-14)11(2)3/h9-11H,4-8H2,1-3H3,(H,17,18). The van der Waals surface area contributed by atoms with Crippen LogP contribution in [0, 0.1) is 0 Å². The van der Waals surface area contributed by atoms with Crippen molar-refractivity contribution in [2.24, 2.45) is 0 Å². The summed E-state index contributed by atoms with van der Waals surface area (Å²) < 4.78 is 5.56. The third-order valence-electron chi connectivity index (χ3n) is 2.91. The molecule has 4 heteroatoms. The summed E-state index contributed by atoms with van der Waals surface area (Å²) >= 11 is 0. The summed E-state index contributed by atoms with van der Waals surface area (Å²) in [6.45, 7) is 6.72. The number of pyridine rings is 1. The van der Waals surface area contributed by atoms with Gasteiger partial charge in [-0.25, -0.2) is 9.78 Å². The summed E-state index contributed by atoms with van der Waals surface area (Å²) in [7, 11) is 0. The van der Waals surface area contributed by atoms with Crippen LogP contribution >= 0.6 is 0 Å². The van der Waals surface area contributed by atoms with Gasteiger partial charge < -0.3 is 9.84 Å². The Labute approximate surface area is 114 Å². The van der Waals surface area contributed by atoms with Gasteiger partial charge in [-0.3, -0.25) is 0 Å². The van der Waals surface area contributed by atoms with Crippen molar-refractivity contribution in [3.63, 3.8) is 0 Å². The SMILES string of the molecule is CCCCCCOc1cc(C(=O)O)cc(C(C)C)n1. The van der Waals surface area contributed by atoms with E-state index in [0.29, 0.717) is 12.5 Å². The van der Waals surface area contributed by atoms with Crippen molar-refractivity contribution >= 4 is 5.97 Å². The van der Waals surface area contributed by atoms with E-state index in [4.69, 9.17) is 9.84 Å². The quantitative estimate of drug-likeness (QED) is 0.725. The van der Waals surface area contributed by atoms with Crippen LogP contribution < -0.4 is 4.74 Å². The van der Waals surface area contributed by atoms with Crippen LogP contribution in [0.2, 0.25) is 0 Å². The minimum atomic E-state index is -0.944. The number of carbonyl (C=O) groups is 1. The number of nitrogens with zero attached hydrogens (tertiary/aromatic N) is 1. The van der Waals surface area contributed by atoms with Gasteiger partial charge in [0.2, 0.25) is 5.88 Å². The van der Waals surface area contributed by atoms with Gasteiger partial charge in [-0.2, -0.15) is 0 Å². The molecule has 0 saturated heterocycles. The number of aromatic nitrogens is 1. The van der Waals surface area contributed by atoms with Crippen LogP contribution in [0.3, 0.4) is 0 Å². The molecule has 0 fully saturated rings. The van der Waals surface area contributed by atoms with Crippen molar-refractivity contribution in [1.29, 1.82) is 0 Å². The number of hydrogen-bond donors (Lipinski definition) is 1. The van der Waals surface area contributed by atoms with E-state index in [9.17, 15) is 4.79 Å². The minimum Gasteiger partial charge on any atom is -0.478 e. The van der Waals surface area contributed by atoms with Crippen LogP contribution in [0.15, 0.2) is 12.1 Å². The van der Waals surface area contributed by atoms with Crippen molar-refractivity contribution in [2.75, 3.05) is 6.61 Å². The second-order valence-corrected chi connectivity index (χ2v) is 4.99. The molecule has 1 aromatic rings. The van der Waals surface area contributed by atoms with Gasteiger partial charge in [-0.1, -0.05) is 40.0 Å². The van der Waals surface area contributed by atoms with Gasteiger partial charge in [0.25, 0.3) is 0 Å². The fraction of sp³-hybridized carbons (Fsp3) is 0.600. The molecule has 0 aromatic carbocycles.